The van der Waals surface area contributed by atoms with Gasteiger partial charge < -0.3 is 15.0 Å². The van der Waals surface area contributed by atoms with Crippen molar-refractivity contribution in [2.75, 3.05) is 32.8 Å². The van der Waals surface area contributed by atoms with Crippen LogP contribution in [0.1, 0.15) is 51.1 Å². The zero-order valence-corrected chi connectivity index (χ0v) is 19.4. The molecular weight excluding hydrogens is 441 g/mol. The normalized spacial score (nSPS) is 17.5. The number of guanidine groups is 1. The molecule has 1 aliphatic heterocycles. The number of aliphatic imine (C=N–C) groups is 1. The van der Waals surface area contributed by atoms with E-state index in [1.54, 1.807) is 0 Å². The average Bonchev–Trinajstić information content (AvgIpc) is 3.20. The summed E-state index contributed by atoms with van der Waals surface area (Å²) >= 11 is 0. The van der Waals surface area contributed by atoms with Crippen LogP contribution in [0, 0.1) is 5.92 Å². The van der Waals surface area contributed by atoms with Gasteiger partial charge in [0.15, 0.2) is 5.96 Å². The molecule has 1 unspecified atom stereocenters. The Kier molecular flexibility index (Phi) is 10.5. The lowest BCUT2D eigenvalue weighted by molar-refractivity contribution is 0.114. The van der Waals surface area contributed by atoms with Gasteiger partial charge in [-0.05, 0) is 33.1 Å². The van der Waals surface area contributed by atoms with Crippen molar-refractivity contribution >= 4 is 29.9 Å². The fourth-order valence-electron chi connectivity index (χ4n) is 3.60. The van der Waals surface area contributed by atoms with Crippen LogP contribution in [-0.4, -0.2) is 53.5 Å². The minimum Gasteiger partial charge on any atom is -0.381 e. The molecule has 0 spiro atoms. The maximum absolute atomic E-state index is 5.60. The van der Waals surface area contributed by atoms with Crippen LogP contribution in [0.4, 0.5) is 0 Å². The van der Waals surface area contributed by atoms with Crippen LogP contribution in [0.2, 0.25) is 0 Å². The standard InChI is InChI=1S/C19H35N5O.HI/c1-6-17-16(18(7-2)23(5)22-17)12-21-19(20-8-3)24-11-10-15(13-24)14-25-9-4;/h15H,6-14H2,1-5H3,(H,20,21);1H. The lowest BCUT2D eigenvalue weighted by Gasteiger charge is -2.21. The molecule has 0 radical (unpaired) electrons. The number of aryl methyl sites for hydroxylation is 2. The second-order valence-corrected chi connectivity index (χ2v) is 6.63. The van der Waals surface area contributed by atoms with Gasteiger partial charge in [0.1, 0.15) is 0 Å². The maximum Gasteiger partial charge on any atom is 0.194 e. The molecular formula is C19H36IN5O. The number of nitrogens with zero attached hydrogens (tertiary/aromatic N) is 4. The molecule has 1 saturated heterocycles. The summed E-state index contributed by atoms with van der Waals surface area (Å²) in [6.45, 7) is 13.9. The highest BCUT2D eigenvalue weighted by molar-refractivity contribution is 14.0. The number of hydrogen-bond donors (Lipinski definition) is 1. The first kappa shape index (κ1) is 23.2. The second-order valence-electron chi connectivity index (χ2n) is 6.63. The Bertz CT molecular complexity index is 573. The molecule has 2 heterocycles. The van der Waals surface area contributed by atoms with E-state index in [0.717, 1.165) is 51.6 Å². The number of rotatable bonds is 8. The number of hydrogen-bond acceptors (Lipinski definition) is 3. The number of nitrogens with one attached hydrogen (secondary N) is 1. The zero-order chi connectivity index (χ0) is 18.2. The van der Waals surface area contributed by atoms with E-state index in [4.69, 9.17) is 9.73 Å². The van der Waals surface area contributed by atoms with E-state index in [-0.39, 0.29) is 24.0 Å². The van der Waals surface area contributed by atoms with Gasteiger partial charge in [-0.25, -0.2) is 4.99 Å². The topological polar surface area (TPSA) is 54.7 Å². The van der Waals surface area contributed by atoms with Crippen molar-refractivity contribution in [2.45, 2.75) is 53.5 Å². The maximum atomic E-state index is 5.60. The van der Waals surface area contributed by atoms with Crippen LogP contribution in [0.5, 0.6) is 0 Å². The predicted molar refractivity (Wildman–Crippen MR) is 118 cm³/mol. The largest absolute Gasteiger partial charge is 0.381 e. The van der Waals surface area contributed by atoms with Gasteiger partial charge in [0, 0.05) is 50.5 Å². The molecule has 0 bridgehead atoms. The van der Waals surface area contributed by atoms with Gasteiger partial charge >= 0.3 is 0 Å². The van der Waals surface area contributed by atoms with Gasteiger partial charge in [0.25, 0.3) is 0 Å². The lowest BCUT2D eigenvalue weighted by atomic mass is 10.1. The Morgan fingerprint density at radius 1 is 1.27 bits per heavy atom. The van der Waals surface area contributed by atoms with Crippen molar-refractivity contribution in [2.24, 2.45) is 18.0 Å². The molecule has 7 heteroatoms. The fourth-order valence-corrected chi connectivity index (χ4v) is 3.60. The highest BCUT2D eigenvalue weighted by Crippen LogP contribution is 2.19. The molecule has 0 saturated carbocycles. The smallest absolute Gasteiger partial charge is 0.194 e. The Morgan fingerprint density at radius 3 is 2.65 bits per heavy atom. The molecule has 1 aliphatic rings. The number of halogens is 1. The van der Waals surface area contributed by atoms with Crippen molar-refractivity contribution in [1.29, 1.82) is 0 Å². The van der Waals surface area contributed by atoms with E-state index in [9.17, 15) is 0 Å². The molecule has 1 atom stereocenters. The molecule has 1 aromatic heterocycles. The molecule has 150 valence electrons. The molecule has 2 rings (SSSR count). The summed E-state index contributed by atoms with van der Waals surface area (Å²) in [5.74, 6) is 1.63. The molecule has 1 N–H and O–H groups in total. The van der Waals surface area contributed by atoms with Crippen molar-refractivity contribution in [3.05, 3.63) is 17.0 Å². The molecule has 26 heavy (non-hydrogen) atoms. The highest BCUT2D eigenvalue weighted by Gasteiger charge is 2.25. The monoisotopic (exact) mass is 477 g/mol. The van der Waals surface area contributed by atoms with Crippen molar-refractivity contribution in [1.82, 2.24) is 20.0 Å². The summed E-state index contributed by atoms with van der Waals surface area (Å²) in [5, 5.41) is 8.13. The van der Waals surface area contributed by atoms with Crippen molar-refractivity contribution < 1.29 is 4.74 Å². The fraction of sp³-hybridized carbons (Fsp3) is 0.789. The van der Waals surface area contributed by atoms with E-state index in [2.05, 4.69) is 43.0 Å². The average molecular weight is 477 g/mol. The summed E-state index contributed by atoms with van der Waals surface area (Å²) in [5.41, 5.74) is 3.77. The molecule has 0 aliphatic carbocycles. The zero-order valence-electron chi connectivity index (χ0n) is 17.0. The minimum atomic E-state index is 0. The lowest BCUT2D eigenvalue weighted by Crippen LogP contribution is -2.40. The molecule has 1 fully saturated rings. The van der Waals surface area contributed by atoms with Crippen LogP contribution < -0.4 is 5.32 Å². The second kappa shape index (κ2) is 11.8. The van der Waals surface area contributed by atoms with Gasteiger partial charge in [0.2, 0.25) is 0 Å². The Balaban J connectivity index is 0.00000338. The summed E-state index contributed by atoms with van der Waals surface area (Å²) in [7, 11) is 2.04. The summed E-state index contributed by atoms with van der Waals surface area (Å²) in [6.07, 6.45) is 3.12. The van der Waals surface area contributed by atoms with E-state index in [1.165, 1.54) is 23.4 Å². The molecule has 6 nitrogen and oxygen atoms in total. The Labute approximate surface area is 175 Å². The number of aromatic nitrogens is 2. The van der Waals surface area contributed by atoms with Crippen LogP contribution in [0.3, 0.4) is 0 Å². The minimum absolute atomic E-state index is 0. The molecule has 1 aromatic rings. The van der Waals surface area contributed by atoms with Crippen molar-refractivity contribution in [3.8, 4) is 0 Å². The first-order valence-corrected chi connectivity index (χ1v) is 9.79. The van der Waals surface area contributed by atoms with E-state index in [1.807, 2.05) is 11.7 Å². The number of likely N-dealkylation sites (tertiary alicyclic amines) is 1. The van der Waals surface area contributed by atoms with Crippen LogP contribution >= 0.6 is 24.0 Å². The quantitative estimate of drug-likeness (QED) is 0.356. The van der Waals surface area contributed by atoms with Gasteiger partial charge in [-0.15, -0.1) is 24.0 Å². The number of ether oxygens (including phenoxy) is 1. The van der Waals surface area contributed by atoms with Crippen molar-refractivity contribution in [3.63, 3.8) is 0 Å². The van der Waals surface area contributed by atoms with Gasteiger partial charge in [-0.3, -0.25) is 4.68 Å². The van der Waals surface area contributed by atoms with E-state index in [0.29, 0.717) is 12.5 Å². The van der Waals surface area contributed by atoms with Gasteiger partial charge in [0.05, 0.1) is 18.8 Å². The SMILES string of the molecule is CCNC(=NCc1c(CC)nn(C)c1CC)N1CCC(COCC)C1.I. The third kappa shape index (κ3) is 5.84. The molecule has 0 amide bonds. The van der Waals surface area contributed by atoms with Gasteiger partial charge in [-0.2, -0.15) is 5.10 Å². The Morgan fingerprint density at radius 2 is 2.04 bits per heavy atom. The Hall–Kier alpha value is -0.830. The first-order valence-electron chi connectivity index (χ1n) is 9.79. The van der Waals surface area contributed by atoms with E-state index >= 15 is 0 Å². The summed E-state index contributed by atoms with van der Waals surface area (Å²) in [4.78, 5) is 7.32. The summed E-state index contributed by atoms with van der Waals surface area (Å²) < 4.78 is 7.62. The van der Waals surface area contributed by atoms with E-state index < -0.39 is 0 Å². The third-order valence-electron chi connectivity index (χ3n) is 4.89. The van der Waals surface area contributed by atoms with Crippen LogP contribution in [0.15, 0.2) is 4.99 Å². The third-order valence-corrected chi connectivity index (χ3v) is 4.89. The predicted octanol–water partition coefficient (Wildman–Crippen LogP) is 2.99. The van der Waals surface area contributed by atoms with Crippen LogP contribution in [-0.2, 0) is 31.2 Å². The first-order chi connectivity index (χ1) is 12.1. The molecule has 0 aromatic carbocycles. The highest BCUT2D eigenvalue weighted by atomic mass is 127. The van der Waals surface area contributed by atoms with Gasteiger partial charge in [-0.1, -0.05) is 13.8 Å². The van der Waals surface area contributed by atoms with Crippen LogP contribution in [0.25, 0.3) is 0 Å². The summed E-state index contributed by atoms with van der Waals surface area (Å²) in [6, 6.07) is 0.